The van der Waals surface area contributed by atoms with Gasteiger partial charge in [-0.15, -0.1) is 0 Å². The lowest BCUT2D eigenvalue weighted by Crippen LogP contribution is -2.52. The Hall–Kier alpha value is -1.51. The molecular formula is C18H25NO2. The van der Waals surface area contributed by atoms with E-state index < -0.39 is 0 Å². The van der Waals surface area contributed by atoms with Crippen LogP contribution in [0.4, 0.5) is 0 Å². The van der Waals surface area contributed by atoms with E-state index in [1.54, 1.807) is 18.2 Å². The number of aromatic hydroxyl groups is 1. The highest BCUT2D eigenvalue weighted by atomic mass is 16.3. The van der Waals surface area contributed by atoms with Gasteiger partial charge in [0.05, 0.1) is 6.42 Å². The van der Waals surface area contributed by atoms with Gasteiger partial charge in [0.25, 0.3) is 0 Å². The summed E-state index contributed by atoms with van der Waals surface area (Å²) >= 11 is 0. The molecule has 0 spiro atoms. The number of hydrogen-bond donors (Lipinski definition) is 2. The summed E-state index contributed by atoms with van der Waals surface area (Å²) in [5, 5.41) is 12.8. The molecule has 0 aliphatic heterocycles. The van der Waals surface area contributed by atoms with Gasteiger partial charge in [0.1, 0.15) is 5.75 Å². The highest BCUT2D eigenvalue weighted by Gasteiger charge is 2.59. The maximum atomic E-state index is 12.4. The van der Waals surface area contributed by atoms with E-state index in [9.17, 15) is 9.90 Å². The number of benzene rings is 1. The minimum absolute atomic E-state index is 0.0625. The molecule has 3 nitrogen and oxygen atoms in total. The Labute approximate surface area is 126 Å². The van der Waals surface area contributed by atoms with Gasteiger partial charge in [0.15, 0.2) is 0 Å². The van der Waals surface area contributed by atoms with E-state index in [0.717, 1.165) is 11.5 Å². The summed E-state index contributed by atoms with van der Waals surface area (Å²) in [6, 6.07) is 7.20. The molecule has 3 atom stereocenters. The van der Waals surface area contributed by atoms with Crippen LogP contribution in [0.15, 0.2) is 24.3 Å². The molecule has 2 bridgehead atoms. The summed E-state index contributed by atoms with van der Waals surface area (Å²) in [6.45, 7) is 6.91. The normalized spacial score (nSPS) is 33.1. The Kier molecular flexibility index (Phi) is 3.27. The Balaban J connectivity index is 1.70. The van der Waals surface area contributed by atoms with E-state index >= 15 is 0 Å². The van der Waals surface area contributed by atoms with Crippen LogP contribution < -0.4 is 5.32 Å². The Morgan fingerprint density at radius 3 is 2.76 bits per heavy atom. The number of amides is 1. The molecule has 0 heterocycles. The number of carbonyl (C=O) groups excluding carboxylic acids is 1. The van der Waals surface area contributed by atoms with E-state index in [1.165, 1.54) is 19.3 Å². The molecule has 21 heavy (non-hydrogen) atoms. The Bertz CT molecular complexity index is 561. The highest BCUT2D eigenvalue weighted by molar-refractivity contribution is 5.79. The Morgan fingerprint density at radius 2 is 2.14 bits per heavy atom. The van der Waals surface area contributed by atoms with Gasteiger partial charge in [-0.25, -0.2) is 0 Å². The van der Waals surface area contributed by atoms with Crippen LogP contribution >= 0.6 is 0 Å². The summed E-state index contributed by atoms with van der Waals surface area (Å²) < 4.78 is 0. The van der Waals surface area contributed by atoms with Gasteiger partial charge < -0.3 is 10.4 Å². The van der Waals surface area contributed by atoms with Crippen molar-refractivity contribution in [2.75, 3.05) is 0 Å². The van der Waals surface area contributed by atoms with E-state index in [0.29, 0.717) is 6.42 Å². The van der Waals surface area contributed by atoms with Crippen molar-refractivity contribution in [3.8, 4) is 5.75 Å². The van der Waals surface area contributed by atoms with Crippen molar-refractivity contribution in [2.45, 2.75) is 52.5 Å². The third kappa shape index (κ3) is 2.43. The predicted molar refractivity (Wildman–Crippen MR) is 83.0 cm³/mol. The number of rotatable bonds is 3. The van der Waals surface area contributed by atoms with Crippen LogP contribution in [0, 0.1) is 16.7 Å². The minimum atomic E-state index is 0.0625. The first-order valence-corrected chi connectivity index (χ1v) is 7.88. The van der Waals surface area contributed by atoms with Crippen LogP contribution in [0.3, 0.4) is 0 Å². The number of phenols is 1. The average Bonchev–Trinajstić information content (AvgIpc) is 2.86. The molecule has 2 saturated carbocycles. The summed E-state index contributed by atoms with van der Waals surface area (Å²) in [5.74, 6) is 1.01. The van der Waals surface area contributed by atoms with Crippen molar-refractivity contribution in [1.82, 2.24) is 5.32 Å². The number of phenolic OH excluding ortho intramolecular Hbond substituents is 1. The summed E-state index contributed by atoms with van der Waals surface area (Å²) in [7, 11) is 0. The third-order valence-electron chi connectivity index (χ3n) is 5.85. The molecule has 3 heteroatoms. The second-order valence-electron chi connectivity index (χ2n) is 7.76. The lowest BCUT2D eigenvalue weighted by Gasteiger charge is -2.43. The van der Waals surface area contributed by atoms with Crippen LogP contribution in [0.25, 0.3) is 0 Å². The molecule has 0 aromatic heterocycles. The van der Waals surface area contributed by atoms with Crippen molar-refractivity contribution in [1.29, 1.82) is 0 Å². The highest BCUT2D eigenvalue weighted by Crippen LogP contribution is 2.62. The third-order valence-corrected chi connectivity index (χ3v) is 5.85. The van der Waals surface area contributed by atoms with Gasteiger partial charge in [-0.1, -0.05) is 32.9 Å². The molecule has 114 valence electrons. The van der Waals surface area contributed by atoms with Crippen molar-refractivity contribution < 1.29 is 9.90 Å². The average molecular weight is 287 g/mol. The van der Waals surface area contributed by atoms with Crippen LogP contribution in [0.1, 0.15) is 45.6 Å². The number of carbonyl (C=O) groups is 1. The lowest BCUT2D eigenvalue weighted by atomic mass is 9.68. The molecule has 3 rings (SSSR count). The van der Waals surface area contributed by atoms with Gasteiger partial charge in [0, 0.05) is 6.04 Å². The quantitative estimate of drug-likeness (QED) is 0.896. The first kappa shape index (κ1) is 14.4. The number of nitrogens with one attached hydrogen (secondary N) is 1. The first-order chi connectivity index (χ1) is 9.81. The zero-order valence-electron chi connectivity index (χ0n) is 13.1. The van der Waals surface area contributed by atoms with Gasteiger partial charge in [-0.05, 0) is 53.7 Å². The summed E-state index contributed by atoms with van der Waals surface area (Å²) in [4.78, 5) is 12.4. The van der Waals surface area contributed by atoms with Crippen molar-refractivity contribution in [2.24, 2.45) is 16.7 Å². The molecule has 0 radical (unpaired) electrons. The fraction of sp³-hybridized carbons (Fsp3) is 0.611. The fourth-order valence-corrected chi connectivity index (χ4v) is 4.73. The number of hydrogen-bond acceptors (Lipinski definition) is 2. The maximum Gasteiger partial charge on any atom is 0.224 e. The molecule has 3 unspecified atom stereocenters. The van der Waals surface area contributed by atoms with Crippen molar-refractivity contribution >= 4 is 5.91 Å². The zero-order valence-corrected chi connectivity index (χ0v) is 13.1. The van der Waals surface area contributed by atoms with Gasteiger partial charge >= 0.3 is 0 Å². The van der Waals surface area contributed by atoms with Gasteiger partial charge in [-0.3, -0.25) is 4.79 Å². The molecule has 0 saturated heterocycles. The maximum absolute atomic E-state index is 12.4. The molecule has 2 aliphatic carbocycles. The minimum Gasteiger partial charge on any atom is -0.508 e. The predicted octanol–water partition coefficient (Wildman–Crippen LogP) is 3.27. The van der Waals surface area contributed by atoms with Crippen molar-refractivity contribution in [3.05, 3.63) is 29.8 Å². The Morgan fingerprint density at radius 1 is 1.38 bits per heavy atom. The summed E-state index contributed by atoms with van der Waals surface area (Å²) in [5.41, 5.74) is 1.29. The smallest absolute Gasteiger partial charge is 0.224 e. The second-order valence-corrected chi connectivity index (χ2v) is 7.76. The summed E-state index contributed by atoms with van der Waals surface area (Å²) in [6.07, 6.45) is 4.08. The molecular weight excluding hydrogens is 262 g/mol. The molecule has 1 aromatic carbocycles. The molecule has 2 fully saturated rings. The zero-order chi connectivity index (χ0) is 15.3. The van der Waals surface area contributed by atoms with Crippen molar-refractivity contribution in [3.63, 3.8) is 0 Å². The van der Waals surface area contributed by atoms with E-state index in [2.05, 4.69) is 26.1 Å². The van der Waals surface area contributed by atoms with Gasteiger partial charge in [0.2, 0.25) is 5.91 Å². The lowest BCUT2D eigenvalue weighted by molar-refractivity contribution is -0.123. The largest absolute Gasteiger partial charge is 0.508 e. The van der Waals surface area contributed by atoms with E-state index in [4.69, 9.17) is 0 Å². The fourth-order valence-electron chi connectivity index (χ4n) is 4.73. The van der Waals surface area contributed by atoms with Crippen LogP contribution in [-0.2, 0) is 11.2 Å². The van der Waals surface area contributed by atoms with E-state index in [-0.39, 0.29) is 28.5 Å². The molecule has 1 amide bonds. The molecule has 1 aromatic rings. The topological polar surface area (TPSA) is 49.3 Å². The monoisotopic (exact) mass is 287 g/mol. The second kappa shape index (κ2) is 4.75. The van der Waals surface area contributed by atoms with Crippen LogP contribution in [0.5, 0.6) is 5.75 Å². The van der Waals surface area contributed by atoms with E-state index in [1.807, 2.05) is 6.07 Å². The molecule has 2 N–H and O–H groups in total. The SMILES string of the molecule is CC12CCC(C1)C(C)(C)C2NC(=O)Cc1cccc(O)c1. The van der Waals surface area contributed by atoms with Gasteiger partial charge in [-0.2, -0.15) is 0 Å². The first-order valence-electron chi connectivity index (χ1n) is 7.88. The standard InChI is InChI=1S/C18H25NO2/c1-17(2)13-7-8-18(3,11-13)16(17)19-15(21)10-12-5-4-6-14(20)9-12/h4-6,9,13,16,20H,7-8,10-11H2,1-3H3,(H,19,21). The molecule has 2 aliphatic rings. The van der Waals surface area contributed by atoms with Crippen LogP contribution in [0.2, 0.25) is 0 Å². The number of fused-ring (bicyclic) bond motifs is 2. The van der Waals surface area contributed by atoms with Crippen LogP contribution in [-0.4, -0.2) is 17.1 Å².